The molecule has 0 aliphatic carbocycles. The molecule has 0 atom stereocenters. The van der Waals surface area contributed by atoms with E-state index in [1.54, 1.807) is 0 Å². The van der Waals surface area contributed by atoms with E-state index in [0.29, 0.717) is 18.5 Å². The summed E-state index contributed by atoms with van der Waals surface area (Å²) < 4.78 is 55.9. The molecule has 0 N–H and O–H groups in total. The molecule has 22 heavy (non-hydrogen) atoms. The molecule has 1 aromatic carbocycles. The first-order valence-corrected chi connectivity index (χ1v) is 8.93. The molecule has 0 aliphatic rings. The summed E-state index contributed by atoms with van der Waals surface area (Å²) in [5.41, 5.74) is 0.154. The third-order valence-corrected chi connectivity index (χ3v) is 3.85. The van der Waals surface area contributed by atoms with E-state index in [0.717, 1.165) is 6.07 Å². The number of benzene rings is 1. The summed E-state index contributed by atoms with van der Waals surface area (Å²) in [7, 11) is -1.04. The van der Waals surface area contributed by atoms with Gasteiger partial charge in [-0.2, -0.15) is 0 Å². The molecule has 0 amide bonds. The molecule has 126 valence electrons. The van der Waals surface area contributed by atoms with Crippen molar-refractivity contribution in [1.82, 2.24) is 0 Å². The Morgan fingerprint density at radius 3 is 2.00 bits per heavy atom. The Kier molecular flexibility index (Phi) is 8.09. The van der Waals surface area contributed by atoms with Crippen molar-refractivity contribution in [2.45, 2.75) is 58.8 Å². The molecule has 3 nitrogen and oxygen atoms in total. The van der Waals surface area contributed by atoms with Gasteiger partial charge in [-0.15, -0.1) is 0 Å². The molecular weight excluding hydrogens is 313 g/mol. The third-order valence-electron chi connectivity index (χ3n) is 2.70. The van der Waals surface area contributed by atoms with E-state index in [4.69, 9.17) is 13.9 Å². The van der Waals surface area contributed by atoms with Gasteiger partial charge in [-0.1, -0.05) is 0 Å². The smallest absolute Gasteiger partial charge is 0.262 e. The molecule has 0 aromatic heterocycles. The van der Waals surface area contributed by atoms with Crippen molar-refractivity contribution in [3.63, 3.8) is 0 Å². The van der Waals surface area contributed by atoms with Gasteiger partial charge < -0.3 is 13.9 Å². The molecule has 0 radical (unpaired) electrons. The molecule has 0 saturated heterocycles. The van der Waals surface area contributed by atoms with Crippen LogP contribution in [0.15, 0.2) is 12.1 Å². The van der Waals surface area contributed by atoms with Crippen molar-refractivity contribution < 1.29 is 27.1 Å². The predicted octanol–water partition coefficient (Wildman–Crippen LogP) is 3.30. The zero-order chi connectivity index (χ0) is 16.7. The molecule has 0 bridgehead atoms. The molecule has 1 aromatic rings. The fraction of sp³-hybridized carbons (Fsp3) is 0.600. The van der Waals surface area contributed by atoms with Crippen LogP contribution >= 0.6 is 0 Å². The third kappa shape index (κ3) is 6.91. The van der Waals surface area contributed by atoms with Gasteiger partial charge in [0.25, 0.3) is 6.48 Å². The Hall–Kier alpha value is -0.893. The lowest BCUT2D eigenvalue weighted by molar-refractivity contribution is -0.275. The normalized spacial score (nSPS) is 12.5. The maximum atomic E-state index is 13.5. The van der Waals surface area contributed by atoms with E-state index in [9.17, 15) is 13.2 Å². The van der Waals surface area contributed by atoms with Crippen LogP contribution < -0.4 is 0 Å². The van der Waals surface area contributed by atoms with Gasteiger partial charge in [0, 0.05) is 6.07 Å². The topological polar surface area (TPSA) is 27.7 Å². The van der Waals surface area contributed by atoms with Crippen LogP contribution in [0.4, 0.5) is 13.2 Å². The predicted molar refractivity (Wildman–Crippen MR) is 80.7 cm³/mol. The van der Waals surface area contributed by atoms with Gasteiger partial charge in [0.1, 0.15) is 5.82 Å². The molecule has 0 heterocycles. The molecular formula is C15H23F3O3Si. The van der Waals surface area contributed by atoms with Crippen molar-refractivity contribution >= 4 is 9.76 Å². The lowest BCUT2D eigenvalue weighted by Gasteiger charge is -2.23. The van der Waals surface area contributed by atoms with Crippen molar-refractivity contribution in [3.05, 3.63) is 35.1 Å². The van der Waals surface area contributed by atoms with Crippen molar-refractivity contribution in [2.75, 3.05) is 0 Å². The Balaban J connectivity index is 2.44. The van der Waals surface area contributed by atoms with Crippen LogP contribution in [0.3, 0.4) is 0 Å². The van der Waals surface area contributed by atoms with E-state index in [1.807, 2.05) is 27.7 Å². The van der Waals surface area contributed by atoms with Crippen LogP contribution in [0.1, 0.15) is 33.3 Å². The fourth-order valence-electron chi connectivity index (χ4n) is 1.75. The number of ether oxygens (including phenoxy) is 2. The second kappa shape index (κ2) is 9.29. The maximum absolute atomic E-state index is 13.5. The van der Waals surface area contributed by atoms with Gasteiger partial charge in [0.2, 0.25) is 0 Å². The molecule has 7 heteroatoms. The van der Waals surface area contributed by atoms with Crippen molar-refractivity contribution in [3.8, 4) is 0 Å². The maximum Gasteiger partial charge on any atom is 0.262 e. The summed E-state index contributed by atoms with van der Waals surface area (Å²) in [4.78, 5) is 0. The SMILES string of the molecule is CC(C)OC(O[SiH2]CCc1cc(F)c(F)cc1F)OC(C)C. The summed E-state index contributed by atoms with van der Waals surface area (Å²) in [6.07, 6.45) is 0.216. The summed E-state index contributed by atoms with van der Waals surface area (Å²) in [5, 5.41) is 0. The first-order chi connectivity index (χ1) is 10.3. The number of aryl methyl sites for hydroxylation is 1. The van der Waals surface area contributed by atoms with Gasteiger partial charge in [0.15, 0.2) is 21.4 Å². The minimum absolute atomic E-state index is 0.0404. The first-order valence-electron chi connectivity index (χ1n) is 7.35. The first kappa shape index (κ1) is 19.2. The van der Waals surface area contributed by atoms with Crippen LogP contribution in [0.5, 0.6) is 0 Å². The molecule has 0 unspecified atom stereocenters. The molecule has 0 fully saturated rings. The Labute approximate surface area is 131 Å². The Morgan fingerprint density at radius 1 is 0.909 bits per heavy atom. The van der Waals surface area contributed by atoms with E-state index >= 15 is 0 Å². The summed E-state index contributed by atoms with van der Waals surface area (Å²) in [5.74, 6) is -2.95. The lowest BCUT2D eigenvalue weighted by Crippen LogP contribution is -2.28. The highest BCUT2D eigenvalue weighted by Crippen LogP contribution is 2.15. The average molecular weight is 336 g/mol. The average Bonchev–Trinajstić information content (AvgIpc) is 2.38. The van der Waals surface area contributed by atoms with Crippen LogP contribution in [-0.2, 0) is 20.3 Å². The van der Waals surface area contributed by atoms with E-state index < -0.39 is 33.7 Å². The molecule has 1 rings (SSSR count). The van der Waals surface area contributed by atoms with Gasteiger partial charge in [0.05, 0.1) is 12.2 Å². The highest BCUT2D eigenvalue weighted by atomic mass is 28.2. The van der Waals surface area contributed by atoms with E-state index in [2.05, 4.69) is 0 Å². The van der Waals surface area contributed by atoms with E-state index in [1.165, 1.54) is 0 Å². The van der Waals surface area contributed by atoms with Crippen molar-refractivity contribution in [1.29, 1.82) is 0 Å². The highest BCUT2D eigenvalue weighted by molar-refractivity contribution is 6.27. The lowest BCUT2D eigenvalue weighted by atomic mass is 10.1. The molecule has 0 saturated carbocycles. The second-order valence-corrected chi connectivity index (χ2v) is 6.94. The number of hydrogen-bond acceptors (Lipinski definition) is 3. The van der Waals surface area contributed by atoms with Gasteiger partial charge in [-0.3, -0.25) is 0 Å². The Morgan fingerprint density at radius 2 is 1.45 bits per heavy atom. The highest BCUT2D eigenvalue weighted by Gasteiger charge is 2.14. The second-order valence-electron chi connectivity index (χ2n) is 5.49. The summed E-state index contributed by atoms with van der Waals surface area (Å²) in [6, 6.07) is 2.03. The van der Waals surface area contributed by atoms with Gasteiger partial charge in [-0.25, -0.2) is 13.2 Å². The zero-order valence-electron chi connectivity index (χ0n) is 13.4. The zero-order valence-corrected chi connectivity index (χ0v) is 14.8. The number of rotatable bonds is 9. The van der Waals surface area contributed by atoms with Crippen LogP contribution in [0.2, 0.25) is 6.04 Å². The van der Waals surface area contributed by atoms with Crippen molar-refractivity contribution in [2.24, 2.45) is 0 Å². The van der Waals surface area contributed by atoms with Gasteiger partial charge >= 0.3 is 0 Å². The molecule has 0 aliphatic heterocycles. The standard InChI is InChI=1S/C15H23F3O3Si/c1-9(2)19-15(20-10(3)4)21-22-6-5-11-7-13(17)14(18)8-12(11)16/h7-10,15H,5-6,22H2,1-4H3. The number of hydrogen-bond donors (Lipinski definition) is 0. The fourth-order valence-corrected chi connectivity index (χ4v) is 2.79. The minimum Gasteiger partial charge on any atom is -0.379 e. The van der Waals surface area contributed by atoms with Crippen LogP contribution in [0, 0.1) is 17.5 Å². The largest absolute Gasteiger partial charge is 0.379 e. The van der Waals surface area contributed by atoms with E-state index in [-0.39, 0.29) is 17.8 Å². The molecule has 0 spiro atoms. The van der Waals surface area contributed by atoms with Gasteiger partial charge in [-0.05, 0) is 51.8 Å². The monoisotopic (exact) mass is 336 g/mol. The minimum atomic E-state index is -1.18. The summed E-state index contributed by atoms with van der Waals surface area (Å²) >= 11 is 0. The number of halogens is 3. The Bertz CT molecular complexity index is 460. The summed E-state index contributed by atoms with van der Waals surface area (Å²) in [6.45, 7) is 6.76. The quantitative estimate of drug-likeness (QED) is 0.300. The van der Waals surface area contributed by atoms with Crippen LogP contribution in [-0.4, -0.2) is 28.4 Å². The van der Waals surface area contributed by atoms with Crippen LogP contribution in [0.25, 0.3) is 0 Å².